The highest BCUT2D eigenvalue weighted by molar-refractivity contribution is 5.95. The van der Waals surface area contributed by atoms with Crippen molar-refractivity contribution in [3.05, 3.63) is 70.3 Å². The summed E-state index contributed by atoms with van der Waals surface area (Å²) in [7, 11) is 0. The lowest BCUT2D eigenvalue weighted by Gasteiger charge is -2.15. The van der Waals surface area contributed by atoms with E-state index in [1.165, 1.54) is 24.3 Å². The number of hydrogen-bond donors (Lipinski definition) is 3. The fraction of sp³-hybridized carbons (Fsp3) is 0.235. The van der Waals surface area contributed by atoms with Crippen molar-refractivity contribution >= 4 is 5.91 Å². The van der Waals surface area contributed by atoms with E-state index in [-0.39, 0.29) is 17.2 Å². The van der Waals surface area contributed by atoms with Crippen LogP contribution in [-0.4, -0.2) is 16.1 Å². The van der Waals surface area contributed by atoms with Crippen LogP contribution in [0.25, 0.3) is 0 Å². The first kappa shape index (κ1) is 20.7. The fourth-order valence-electron chi connectivity index (χ4n) is 2.33. The molecule has 0 saturated carbocycles. The monoisotopic (exact) mass is 393 g/mol. The van der Waals surface area contributed by atoms with Crippen molar-refractivity contribution in [2.75, 3.05) is 0 Å². The number of carbonyl (C=O) groups is 1. The number of aliphatic hydroxyl groups excluding tert-OH is 1. The van der Waals surface area contributed by atoms with Gasteiger partial charge in [-0.15, -0.1) is 0 Å². The average molecular weight is 393 g/mol. The fourth-order valence-corrected chi connectivity index (χ4v) is 2.33. The molecule has 10 heteroatoms. The number of aliphatic hydroxyl groups is 2. The number of halogens is 6. The normalized spacial score (nSPS) is 12.3. The van der Waals surface area contributed by atoms with Crippen LogP contribution in [-0.2, 0) is 18.9 Å². The van der Waals surface area contributed by atoms with Crippen molar-refractivity contribution in [3.8, 4) is 0 Å². The van der Waals surface area contributed by atoms with Gasteiger partial charge in [-0.2, -0.15) is 26.3 Å². The molecule has 0 fully saturated rings. The Morgan fingerprint density at radius 1 is 0.926 bits per heavy atom. The smallest absolute Gasteiger partial charge is 0.364 e. The van der Waals surface area contributed by atoms with Crippen LogP contribution in [0, 0.1) is 0 Å². The minimum Gasteiger partial charge on any atom is -0.364 e. The molecule has 0 radical (unpaired) electrons. The van der Waals surface area contributed by atoms with Gasteiger partial charge in [-0.05, 0) is 29.8 Å². The summed E-state index contributed by atoms with van der Waals surface area (Å²) in [5.41, 5.74) is -3.72. The van der Waals surface area contributed by atoms with Crippen LogP contribution >= 0.6 is 0 Å². The molecule has 1 amide bonds. The van der Waals surface area contributed by atoms with Gasteiger partial charge in [0.25, 0.3) is 5.91 Å². The van der Waals surface area contributed by atoms with Crippen molar-refractivity contribution < 1.29 is 41.4 Å². The zero-order valence-corrected chi connectivity index (χ0v) is 13.4. The number of amides is 1. The maximum Gasteiger partial charge on any atom is 0.416 e. The van der Waals surface area contributed by atoms with Crippen molar-refractivity contribution in [3.63, 3.8) is 0 Å². The predicted molar refractivity (Wildman–Crippen MR) is 81.2 cm³/mol. The zero-order chi connectivity index (χ0) is 20.4. The molecule has 0 spiro atoms. The van der Waals surface area contributed by atoms with Gasteiger partial charge in [-0.1, -0.05) is 18.2 Å². The minimum absolute atomic E-state index is 0.0112. The third kappa shape index (κ3) is 5.20. The van der Waals surface area contributed by atoms with Crippen molar-refractivity contribution in [1.29, 1.82) is 0 Å². The first-order valence-corrected chi connectivity index (χ1v) is 7.41. The maximum atomic E-state index is 12.8. The quantitative estimate of drug-likeness (QED) is 0.549. The van der Waals surface area contributed by atoms with Gasteiger partial charge in [0.2, 0.25) is 0 Å². The molecular formula is C17H13F6NO3. The van der Waals surface area contributed by atoms with Crippen LogP contribution in [0.15, 0.2) is 42.5 Å². The molecule has 4 nitrogen and oxygen atoms in total. The highest BCUT2D eigenvalue weighted by Gasteiger charge is 2.36. The Kier molecular flexibility index (Phi) is 5.81. The molecule has 2 aromatic carbocycles. The summed E-state index contributed by atoms with van der Waals surface area (Å²) >= 11 is 0. The van der Waals surface area contributed by atoms with Gasteiger partial charge in [0.15, 0.2) is 6.29 Å². The largest absolute Gasteiger partial charge is 0.416 e. The van der Waals surface area contributed by atoms with E-state index in [9.17, 15) is 41.4 Å². The van der Waals surface area contributed by atoms with E-state index in [1.807, 2.05) is 0 Å². The Morgan fingerprint density at radius 3 is 1.93 bits per heavy atom. The Balaban J connectivity index is 2.29. The second-order valence-corrected chi connectivity index (χ2v) is 5.56. The van der Waals surface area contributed by atoms with E-state index < -0.39 is 47.8 Å². The number of hydrogen-bond acceptors (Lipinski definition) is 3. The van der Waals surface area contributed by atoms with E-state index >= 15 is 0 Å². The molecule has 0 unspecified atom stereocenters. The van der Waals surface area contributed by atoms with E-state index in [4.69, 9.17) is 0 Å². The molecule has 0 aromatic heterocycles. The molecule has 0 saturated heterocycles. The number of nitrogens with one attached hydrogen (secondary N) is 1. The Bertz CT molecular complexity index is 798. The lowest BCUT2D eigenvalue weighted by molar-refractivity contribution is -0.143. The number of benzene rings is 2. The van der Waals surface area contributed by atoms with Gasteiger partial charge in [-0.25, -0.2) is 0 Å². The van der Waals surface area contributed by atoms with E-state index in [0.29, 0.717) is 12.1 Å². The predicted octanol–water partition coefficient (Wildman–Crippen LogP) is 3.64. The van der Waals surface area contributed by atoms with Crippen molar-refractivity contribution in [2.24, 2.45) is 0 Å². The Hall–Kier alpha value is -2.59. The summed E-state index contributed by atoms with van der Waals surface area (Å²) in [6.07, 6.45) is -12.0. The summed E-state index contributed by atoms with van der Waals surface area (Å²) in [6, 6.07) is 6.30. The molecule has 146 valence electrons. The molecule has 0 heterocycles. The van der Waals surface area contributed by atoms with Gasteiger partial charge in [-0.3, -0.25) is 4.79 Å². The lowest BCUT2D eigenvalue weighted by Crippen LogP contribution is -2.25. The first-order valence-electron chi connectivity index (χ1n) is 7.41. The van der Waals surface area contributed by atoms with Crippen LogP contribution in [0.2, 0.25) is 0 Å². The summed E-state index contributed by atoms with van der Waals surface area (Å²) in [5.74, 6) is -0.885. The van der Waals surface area contributed by atoms with Gasteiger partial charge in [0.1, 0.15) is 0 Å². The number of rotatable bonds is 4. The molecule has 2 aromatic rings. The van der Waals surface area contributed by atoms with Crippen molar-refractivity contribution in [2.45, 2.75) is 25.2 Å². The SMILES string of the molecule is O=C(NCc1cc(C(F)(F)F)cc(C(F)(F)F)c1)c1ccccc1C(O)O. The van der Waals surface area contributed by atoms with E-state index in [1.54, 1.807) is 0 Å². The van der Waals surface area contributed by atoms with E-state index in [0.717, 1.165) is 0 Å². The lowest BCUT2D eigenvalue weighted by atomic mass is 10.0. The Morgan fingerprint density at radius 2 is 1.44 bits per heavy atom. The van der Waals surface area contributed by atoms with Crippen LogP contribution in [0.4, 0.5) is 26.3 Å². The van der Waals surface area contributed by atoms with Gasteiger partial charge >= 0.3 is 12.4 Å². The van der Waals surface area contributed by atoms with Gasteiger partial charge in [0.05, 0.1) is 11.1 Å². The second-order valence-electron chi connectivity index (χ2n) is 5.56. The van der Waals surface area contributed by atoms with Gasteiger partial charge < -0.3 is 15.5 Å². The van der Waals surface area contributed by atoms with Crippen LogP contribution in [0.3, 0.4) is 0 Å². The minimum atomic E-state index is -4.99. The van der Waals surface area contributed by atoms with E-state index in [2.05, 4.69) is 5.32 Å². The molecule has 3 N–H and O–H groups in total. The summed E-state index contributed by atoms with van der Waals surface area (Å²) in [5, 5.41) is 20.6. The maximum absolute atomic E-state index is 12.8. The molecular weight excluding hydrogens is 380 g/mol. The third-order valence-corrected chi connectivity index (χ3v) is 3.58. The summed E-state index contributed by atoms with van der Waals surface area (Å²) in [6.45, 7) is -0.623. The molecule has 0 atom stereocenters. The topological polar surface area (TPSA) is 69.6 Å². The Labute approximate surface area is 149 Å². The molecule has 0 aliphatic rings. The van der Waals surface area contributed by atoms with Crippen molar-refractivity contribution in [1.82, 2.24) is 5.32 Å². The number of alkyl halides is 6. The zero-order valence-electron chi connectivity index (χ0n) is 13.4. The molecule has 27 heavy (non-hydrogen) atoms. The highest BCUT2D eigenvalue weighted by Crippen LogP contribution is 2.36. The summed E-state index contributed by atoms with van der Waals surface area (Å²) in [4.78, 5) is 12.1. The van der Waals surface area contributed by atoms with Crippen LogP contribution < -0.4 is 5.32 Å². The third-order valence-electron chi connectivity index (χ3n) is 3.58. The highest BCUT2D eigenvalue weighted by atomic mass is 19.4. The standard InChI is InChI=1S/C17H13F6NO3/c18-16(19,20)10-5-9(6-11(7-10)17(21,22)23)8-24-14(25)12-3-1-2-4-13(12)15(26)27/h1-7,15,26-27H,8H2,(H,24,25). The molecule has 0 aliphatic heterocycles. The molecule has 0 bridgehead atoms. The number of carbonyl (C=O) groups excluding carboxylic acids is 1. The first-order chi connectivity index (χ1) is 12.4. The summed E-state index contributed by atoms with van der Waals surface area (Å²) < 4.78 is 77.0. The molecule has 2 rings (SSSR count). The molecule has 0 aliphatic carbocycles. The average Bonchev–Trinajstić information content (AvgIpc) is 2.57. The van der Waals surface area contributed by atoms with Gasteiger partial charge in [0, 0.05) is 17.7 Å². The second kappa shape index (κ2) is 7.57. The van der Waals surface area contributed by atoms with Crippen LogP contribution in [0.1, 0.15) is 38.9 Å². The van der Waals surface area contributed by atoms with Crippen LogP contribution in [0.5, 0.6) is 0 Å².